The zero-order chi connectivity index (χ0) is 84.8. The Hall–Kier alpha value is -8.58. The van der Waals surface area contributed by atoms with Gasteiger partial charge >= 0.3 is 57.8 Å². The maximum absolute atomic E-state index is 15.7. The average molecular weight is 1680 g/mol. The first kappa shape index (κ1) is 92.6. The number of H-pyrrole nitrogens is 3. The molecular weight excluding hydrogens is 1590 g/mol. The molecule has 21 atom stereocenters. The van der Waals surface area contributed by atoms with Crippen molar-refractivity contribution in [2.75, 3.05) is 38.5 Å². The van der Waals surface area contributed by atoms with Crippen LogP contribution in [0.1, 0.15) is 102 Å². The Morgan fingerprint density at radius 2 is 0.623 bits per heavy atom. The molecular formula is C72H93F6N6O27P3. The summed E-state index contributed by atoms with van der Waals surface area (Å²) >= 11 is 0. The van der Waals surface area contributed by atoms with E-state index < -0.39 is 240 Å². The molecule has 3 saturated heterocycles. The lowest BCUT2D eigenvalue weighted by atomic mass is 9.95. The molecule has 3 aliphatic heterocycles. The van der Waals surface area contributed by atoms with Crippen molar-refractivity contribution in [1.29, 1.82) is 0 Å². The molecule has 0 saturated carbocycles. The van der Waals surface area contributed by atoms with Crippen LogP contribution < -0.4 is 47.3 Å². The molecule has 3 aliphatic rings. The number of para-hydroxylation sites is 3. The normalized spacial score (nSPS) is 26.5. The number of nitrogens with zero attached hydrogens (tertiary/aromatic N) is 3. The topological polar surface area (TPSA) is 438 Å². The van der Waals surface area contributed by atoms with Gasteiger partial charge in [-0.15, -0.1) is 0 Å². The highest BCUT2D eigenvalue weighted by Crippen LogP contribution is 2.57. The van der Waals surface area contributed by atoms with Gasteiger partial charge in [0.2, 0.25) is 17.0 Å². The summed E-state index contributed by atoms with van der Waals surface area (Å²) in [5.74, 6) is -4.30. The molecule has 6 N–H and O–H groups in total. The number of carbonyl (C=O) groups is 3. The van der Waals surface area contributed by atoms with E-state index in [9.17, 15) is 85.3 Å². The first-order valence-electron chi connectivity index (χ1n) is 35.8. The Morgan fingerprint density at radius 1 is 0.404 bits per heavy atom. The monoisotopic (exact) mass is 1680 g/mol. The molecule has 0 amide bonds. The first-order chi connectivity index (χ1) is 53.4. The average Bonchev–Trinajstić information content (AvgIpc) is 1.61. The van der Waals surface area contributed by atoms with E-state index in [-0.39, 0.29) is 17.2 Å². The Morgan fingerprint density at radius 3 is 0.816 bits per heavy atom. The standard InChI is InChI=1S/3C24H31F2N2O9P/c3*1-14(2)34-21(31)15(3)12-38(33,37-17-8-6-5-7-9-17)36-16(4)19-20(30)24(26,13-25)22(35-19)28-11-10-18(29)27-23(28)32/h3*5-11,14-16,19-20,22,30H,12-13H2,1-4H3,(H,27,29,32)/t15-,16-,19-,20+,22-,24?,38?;15-,16-,19-,20+,22-,24?,38+;15-,16-,19-,20+,22-,24?,38-/m111/s1. The van der Waals surface area contributed by atoms with Crippen molar-refractivity contribution in [2.24, 2.45) is 17.8 Å². The number of esters is 3. The number of nitrogens with one attached hydrogen (secondary N) is 3. The number of carbonyl (C=O) groups excluding carboxylic acids is 3. The van der Waals surface area contributed by atoms with E-state index in [1.807, 2.05) is 15.0 Å². The van der Waals surface area contributed by atoms with Crippen molar-refractivity contribution in [2.45, 2.75) is 192 Å². The van der Waals surface area contributed by atoms with Crippen molar-refractivity contribution in [3.8, 4) is 17.2 Å². The summed E-state index contributed by atoms with van der Waals surface area (Å²) in [5, 5.41) is 32.1. The largest absolute Gasteiger partial charge is 0.463 e. The van der Waals surface area contributed by atoms with Crippen molar-refractivity contribution in [3.63, 3.8) is 0 Å². The second-order valence-corrected chi connectivity index (χ2v) is 34.1. The number of alkyl halides is 6. The predicted molar refractivity (Wildman–Crippen MR) is 395 cm³/mol. The molecule has 42 heteroatoms. The molecule has 630 valence electrons. The summed E-state index contributed by atoms with van der Waals surface area (Å²) in [6, 6.07) is 26.6. The molecule has 6 aromatic rings. The smallest absolute Gasteiger partial charge is 0.380 e. The number of aromatic amines is 3. The summed E-state index contributed by atoms with van der Waals surface area (Å²) in [6.07, 6.45) is -21.3. The molecule has 0 radical (unpaired) electrons. The number of aliphatic hydroxyl groups is 3. The Labute approximate surface area is 648 Å². The van der Waals surface area contributed by atoms with Gasteiger partial charge in [-0.25, -0.2) is 54.4 Å². The molecule has 0 spiro atoms. The SMILES string of the molecule is CC(C)OC(=O)[C@H](C)CP(=O)(Oc1ccccc1)O[C@H](C)[C@H]1O[C@@H](n2ccc(=O)[nH]c2=O)C(F)(CF)[C@H]1O.CC(C)OC(=O)[C@H](C)C[P@@](=O)(Oc1ccccc1)O[C@H](C)[C@H]1O[C@@H](n2ccc(=O)[nH]c2=O)C(F)(CF)[C@H]1O.CC(C)OC(=O)[C@H](C)C[P@](=O)(Oc1ccccc1)O[C@H](C)[C@H]1O[C@@H](n2ccc(=O)[nH]c2=O)C(F)(CF)[C@H]1O. The number of hydrogen-bond donors (Lipinski definition) is 6. The van der Waals surface area contributed by atoms with Crippen molar-refractivity contribution >= 4 is 40.7 Å². The van der Waals surface area contributed by atoms with Crippen LogP contribution in [-0.2, 0) is 70.1 Å². The van der Waals surface area contributed by atoms with Crippen molar-refractivity contribution < 1.29 is 125 Å². The van der Waals surface area contributed by atoms with E-state index in [1.54, 1.807) is 96.1 Å². The molecule has 114 heavy (non-hydrogen) atoms. The summed E-state index contributed by atoms with van der Waals surface area (Å²) in [4.78, 5) is 114. The fourth-order valence-corrected chi connectivity index (χ4v) is 18.3. The third-order valence-corrected chi connectivity index (χ3v) is 23.9. The number of ether oxygens (including phenoxy) is 6. The van der Waals surface area contributed by atoms with Gasteiger partial charge in [-0.05, 0) is 98.7 Å². The van der Waals surface area contributed by atoms with Gasteiger partial charge < -0.3 is 57.3 Å². The zero-order valence-electron chi connectivity index (χ0n) is 63.8. The zero-order valence-corrected chi connectivity index (χ0v) is 66.5. The molecule has 4 unspecified atom stereocenters. The van der Waals surface area contributed by atoms with Crippen LogP contribution in [0.25, 0.3) is 0 Å². The number of rotatable bonds is 33. The predicted octanol–water partition coefficient (Wildman–Crippen LogP) is 8.21. The first-order valence-corrected chi connectivity index (χ1v) is 40.9. The van der Waals surface area contributed by atoms with Gasteiger partial charge in [-0.1, -0.05) is 75.4 Å². The van der Waals surface area contributed by atoms with E-state index in [0.717, 1.165) is 36.8 Å². The summed E-state index contributed by atoms with van der Waals surface area (Å²) < 4.78 is 198. The molecule has 9 rings (SSSR count). The van der Waals surface area contributed by atoms with Crippen molar-refractivity contribution in [1.82, 2.24) is 28.7 Å². The van der Waals surface area contributed by atoms with E-state index in [1.165, 1.54) is 77.9 Å². The maximum Gasteiger partial charge on any atom is 0.380 e. The number of aromatic nitrogens is 6. The van der Waals surface area contributed by atoms with Crippen LogP contribution in [0.5, 0.6) is 17.2 Å². The van der Waals surface area contributed by atoms with E-state index in [0.29, 0.717) is 13.7 Å². The van der Waals surface area contributed by atoms with E-state index >= 15 is 13.2 Å². The molecule has 3 aromatic carbocycles. The highest BCUT2D eigenvalue weighted by atomic mass is 31.2. The summed E-state index contributed by atoms with van der Waals surface area (Å²) in [7, 11) is -12.6. The Bertz CT molecular complexity index is 4280. The lowest BCUT2D eigenvalue weighted by Crippen LogP contribution is -2.48. The van der Waals surface area contributed by atoms with Crippen LogP contribution in [-0.4, -0.2) is 191 Å². The van der Waals surface area contributed by atoms with E-state index in [4.69, 9.17) is 55.6 Å². The quantitative estimate of drug-likeness (QED) is 0.00977. The Balaban J connectivity index is 0.000000237. The Kier molecular flexibility index (Phi) is 32.0. The van der Waals surface area contributed by atoms with Crippen LogP contribution >= 0.6 is 22.8 Å². The fraction of sp³-hybridized carbons (Fsp3) is 0.542. The minimum Gasteiger partial charge on any atom is -0.463 e. The van der Waals surface area contributed by atoms with Gasteiger partial charge in [-0.2, -0.15) is 0 Å². The molecule has 6 heterocycles. The summed E-state index contributed by atoms with van der Waals surface area (Å²) in [5.41, 5.74) is -14.9. The van der Waals surface area contributed by atoms with Crippen LogP contribution in [0.2, 0.25) is 0 Å². The van der Waals surface area contributed by atoms with Crippen LogP contribution in [0.3, 0.4) is 0 Å². The van der Waals surface area contributed by atoms with Gasteiger partial charge in [0.15, 0.2) is 18.7 Å². The molecule has 3 fully saturated rings. The maximum atomic E-state index is 15.7. The molecule has 0 aliphatic carbocycles. The van der Waals surface area contributed by atoms with Gasteiger partial charge in [0, 0.05) is 36.8 Å². The second kappa shape index (κ2) is 39.4. The van der Waals surface area contributed by atoms with Crippen LogP contribution in [0.15, 0.2) is 157 Å². The lowest BCUT2D eigenvalue weighted by molar-refractivity contribution is -0.152. The van der Waals surface area contributed by atoms with Crippen LogP contribution in [0, 0.1) is 17.8 Å². The van der Waals surface area contributed by atoms with Gasteiger partial charge in [-0.3, -0.25) is 71.0 Å². The van der Waals surface area contributed by atoms with Gasteiger partial charge in [0.25, 0.3) is 16.7 Å². The number of halogens is 6. The molecule has 3 aromatic heterocycles. The molecule has 0 bridgehead atoms. The minimum absolute atomic E-state index is 0.154. The highest BCUT2D eigenvalue weighted by Gasteiger charge is 2.64. The number of benzene rings is 3. The number of hydrogen-bond acceptors (Lipinski definition) is 27. The van der Waals surface area contributed by atoms with Crippen LogP contribution in [0.4, 0.5) is 26.3 Å². The number of aliphatic hydroxyl groups excluding tert-OH is 3. The van der Waals surface area contributed by atoms with Gasteiger partial charge in [0.1, 0.15) is 73.9 Å². The van der Waals surface area contributed by atoms with E-state index in [2.05, 4.69) is 0 Å². The van der Waals surface area contributed by atoms with Gasteiger partial charge in [0.05, 0.1) is 72.9 Å². The lowest BCUT2D eigenvalue weighted by Gasteiger charge is -2.29. The highest BCUT2D eigenvalue weighted by molar-refractivity contribution is 7.55. The second-order valence-electron chi connectivity index (χ2n) is 28.1. The molecule has 33 nitrogen and oxygen atoms in total. The van der Waals surface area contributed by atoms with Crippen molar-refractivity contribution in [3.05, 3.63) is 190 Å². The summed E-state index contributed by atoms with van der Waals surface area (Å²) in [6.45, 7) is 13.0. The minimum atomic E-state index is -4.21. The fourth-order valence-electron chi connectivity index (χ4n) is 12.0. The third-order valence-electron chi connectivity index (χ3n) is 17.5. The third kappa shape index (κ3) is 23.2.